The highest BCUT2D eigenvalue weighted by Crippen LogP contribution is 2.29. The van der Waals surface area contributed by atoms with Crippen LogP contribution in [0.4, 0.5) is 0 Å². The lowest BCUT2D eigenvalue weighted by atomic mass is 10.1. The molecule has 0 heterocycles. The number of esters is 1. The van der Waals surface area contributed by atoms with Crippen LogP contribution in [0.3, 0.4) is 0 Å². The van der Waals surface area contributed by atoms with Gasteiger partial charge in [-0.3, -0.25) is 4.79 Å². The van der Waals surface area contributed by atoms with Gasteiger partial charge in [0.2, 0.25) is 0 Å². The molecule has 0 fully saturated rings. The molecule has 0 aliphatic heterocycles. The molecule has 0 radical (unpaired) electrons. The molecule has 0 saturated carbocycles. The third-order valence-electron chi connectivity index (χ3n) is 3.39. The molecule has 0 unspecified atom stereocenters. The Kier molecular flexibility index (Phi) is 5.42. The van der Waals surface area contributed by atoms with Gasteiger partial charge in [0, 0.05) is 5.56 Å². The topological polar surface area (TPSA) is 44.8 Å². The van der Waals surface area contributed by atoms with E-state index in [0.29, 0.717) is 17.2 Å². The first-order valence-electron chi connectivity index (χ1n) is 7.17. The van der Waals surface area contributed by atoms with Crippen LogP contribution in [-0.4, -0.2) is 20.2 Å². The molecule has 2 rings (SSSR count). The van der Waals surface area contributed by atoms with Crippen molar-refractivity contribution in [2.45, 2.75) is 19.8 Å². The van der Waals surface area contributed by atoms with Gasteiger partial charge in [0.1, 0.15) is 5.75 Å². The molecule has 0 aliphatic carbocycles. The van der Waals surface area contributed by atoms with Crippen molar-refractivity contribution < 1.29 is 19.0 Å². The minimum absolute atomic E-state index is 0.142. The van der Waals surface area contributed by atoms with Crippen LogP contribution in [0.2, 0.25) is 0 Å². The number of hydrogen-bond acceptors (Lipinski definition) is 4. The van der Waals surface area contributed by atoms with Gasteiger partial charge in [-0.05, 0) is 30.2 Å². The van der Waals surface area contributed by atoms with Crippen molar-refractivity contribution in [3.05, 3.63) is 53.6 Å². The summed E-state index contributed by atoms with van der Waals surface area (Å²) in [4.78, 5) is 12.1. The van der Waals surface area contributed by atoms with E-state index in [2.05, 4.69) is 6.92 Å². The van der Waals surface area contributed by atoms with E-state index in [0.717, 1.165) is 17.5 Å². The van der Waals surface area contributed by atoms with Gasteiger partial charge in [-0.25, -0.2) is 0 Å². The number of hydrogen-bond donors (Lipinski definition) is 0. The van der Waals surface area contributed by atoms with E-state index >= 15 is 0 Å². The van der Waals surface area contributed by atoms with Gasteiger partial charge in [-0.1, -0.05) is 31.2 Å². The normalized spacial score (nSPS) is 10.1. The van der Waals surface area contributed by atoms with Crippen LogP contribution in [0, 0.1) is 0 Å². The van der Waals surface area contributed by atoms with Crippen molar-refractivity contribution in [1.29, 1.82) is 0 Å². The molecule has 0 N–H and O–H groups in total. The highest BCUT2D eigenvalue weighted by atomic mass is 16.6. The first kappa shape index (κ1) is 15.9. The first-order valence-corrected chi connectivity index (χ1v) is 7.17. The standard InChI is InChI=1S/C18H20O4/c1-4-13-9-10-16(17(11-13)21-3)22-18(19)12-14-7-5-6-8-15(14)20-2/h5-11H,4,12H2,1-3H3. The molecule has 2 aromatic carbocycles. The van der Waals surface area contributed by atoms with Gasteiger partial charge in [0.05, 0.1) is 20.6 Å². The molecule has 0 aliphatic rings. The van der Waals surface area contributed by atoms with E-state index in [9.17, 15) is 4.79 Å². The number of aryl methyl sites for hydroxylation is 1. The Morgan fingerprint density at radius 2 is 1.68 bits per heavy atom. The molecular weight excluding hydrogens is 280 g/mol. The van der Waals surface area contributed by atoms with E-state index in [1.165, 1.54) is 0 Å². The van der Waals surface area contributed by atoms with Gasteiger partial charge in [0.25, 0.3) is 0 Å². The van der Waals surface area contributed by atoms with Crippen molar-refractivity contribution in [2.75, 3.05) is 14.2 Å². The number of ether oxygens (including phenoxy) is 3. The van der Waals surface area contributed by atoms with Crippen LogP contribution in [-0.2, 0) is 17.6 Å². The van der Waals surface area contributed by atoms with Crippen molar-refractivity contribution in [3.8, 4) is 17.2 Å². The first-order chi connectivity index (χ1) is 10.7. The predicted octanol–water partition coefficient (Wildman–Crippen LogP) is 3.41. The molecule has 0 amide bonds. The van der Waals surface area contributed by atoms with Crippen LogP contribution in [0.25, 0.3) is 0 Å². The van der Waals surface area contributed by atoms with Crippen LogP contribution in [0.1, 0.15) is 18.1 Å². The fourth-order valence-electron chi connectivity index (χ4n) is 2.18. The minimum Gasteiger partial charge on any atom is -0.496 e. The Morgan fingerprint density at radius 1 is 0.955 bits per heavy atom. The third kappa shape index (κ3) is 3.79. The van der Waals surface area contributed by atoms with E-state index in [-0.39, 0.29) is 12.4 Å². The van der Waals surface area contributed by atoms with Gasteiger partial charge in [-0.15, -0.1) is 0 Å². The molecule has 0 bridgehead atoms. The lowest BCUT2D eigenvalue weighted by Gasteiger charge is -2.11. The van der Waals surface area contributed by atoms with Gasteiger partial charge in [-0.2, -0.15) is 0 Å². The van der Waals surface area contributed by atoms with Crippen LogP contribution < -0.4 is 14.2 Å². The Morgan fingerprint density at radius 3 is 2.36 bits per heavy atom. The van der Waals surface area contributed by atoms with Crippen molar-refractivity contribution in [1.82, 2.24) is 0 Å². The van der Waals surface area contributed by atoms with Crippen molar-refractivity contribution in [2.24, 2.45) is 0 Å². The second-order valence-corrected chi connectivity index (χ2v) is 4.80. The van der Waals surface area contributed by atoms with Crippen LogP contribution in [0.15, 0.2) is 42.5 Å². The average Bonchev–Trinajstić information content (AvgIpc) is 2.55. The zero-order valence-corrected chi connectivity index (χ0v) is 13.1. The zero-order chi connectivity index (χ0) is 15.9. The fraction of sp³-hybridized carbons (Fsp3) is 0.278. The highest BCUT2D eigenvalue weighted by molar-refractivity contribution is 5.76. The zero-order valence-electron chi connectivity index (χ0n) is 13.1. The molecule has 0 atom stereocenters. The van der Waals surface area contributed by atoms with Gasteiger partial charge in [0.15, 0.2) is 11.5 Å². The number of methoxy groups -OCH3 is 2. The summed E-state index contributed by atoms with van der Waals surface area (Å²) in [7, 11) is 3.14. The predicted molar refractivity (Wildman–Crippen MR) is 84.7 cm³/mol. The molecule has 0 spiro atoms. The summed E-state index contributed by atoms with van der Waals surface area (Å²) in [5, 5.41) is 0. The summed E-state index contributed by atoms with van der Waals surface area (Å²) in [6.07, 6.45) is 1.04. The lowest BCUT2D eigenvalue weighted by molar-refractivity contribution is -0.133. The maximum atomic E-state index is 12.1. The van der Waals surface area contributed by atoms with Crippen LogP contribution in [0.5, 0.6) is 17.2 Å². The maximum absolute atomic E-state index is 12.1. The number of carbonyl (C=O) groups is 1. The summed E-state index contributed by atoms with van der Waals surface area (Å²) < 4.78 is 15.9. The molecule has 2 aromatic rings. The Balaban J connectivity index is 2.12. The second kappa shape index (κ2) is 7.50. The maximum Gasteiger partial charge on any atom is 0.315 e. The third-order valence-corrected chi connectivity index (χ3v) is 3.39. The molecule has 4 heteroatoms. The van der Waals surface area contributed by atoms with Crippen LogP contribution >= 0.6 is 0 Å². The number of rotatable bonds is 6. The fourth-order valence-corrected chi connectivity index (χ4v) is 2.18. The number of benzene rings is 2. The summed E-state index contributed by atoms with van der Waals surface area (Å²) in [6, 6.07) is 13.0. The van der Waals surface area contributed by atoms with E-state index in [1.54, 1.807) is 20.3 Å². The molecule has 22 heavy (non-hydrogen) atoms. The molecule has 0 saturated heterocycles. The highest BCUT2D eigenvalue weighted by Gasteiger charge is 2.13. The van der Waals surface area contributed by atoms with E-state index in [4.69, 9.17) is 14.2 Å². The van der Waals surface area contributed by atoms with E-state index in [1.807, 2.05) is 36.4 Å². The quantitative estimate of drug-likeness (QED) is 0.606. The number of para-hydroxylation sites is 1. The summed E-state index contributed by atoms with van der Waals surface area (Å²) in [5.41, 5.74) is 1.92. The Hall–Kier alpha value is -2.49. The summed E-state index contributed by atoms with van der Waals surface area (Å²) in [6.45, 7) is 2.06. The van der Waals surface area contributed by atoms with Gasteiger partial charge >= 0.3 is 5.97 Å². The van der Waals surface area contributed by atoms with E-state index < -0.39 is 0 Å². The minimum atomic E-state index is -0.355. The smallest absolute Gasteiger partial charge is 0.315 e. The average molecular weight is 300 g/mol. The lowest BCUT2D eigenvalue weighted by Crippen LogP contribution is -2.12. The Labute approximate surface area is 130 Å². The largest absolute Gasteiger partial charge is 0.496 e. The molecule has 116 valence electrons. The summed E-state index contributed by atoms with van der Waals surface area (Å²) >= 11 is 0. The molecule has 0 aromatic heterocycles. The van der Waals surface area contributed by atoms with Gasteiger partial charge < -0.3 is 14.2 Å². The Bertz CT molecular complexity index is 649. The summed E-state index contributed by atoms with van der Waals surface area (Å²) in [5.74, 6) is 1.31. The SMILES string of the molecule is CCc1ccc(OC(=O)Cc2ccccc2OC)c(OC)c1. The molecule has 4 nitrogen and oxygen atoms in total. The van der Waals surface area contributed by atoms with Crippen molar-refractivity contribution in [3.63, 3.8) is 0 Å². The molecular formula is C18H20O4. The monoisotopic (exact) mass is 300 g/mol. The number of carbonyl (C=O) groups excluding carboxylic acids is 1. The van der Waals surface area contributed by atoms with Crippen molar-refractivity contribution >= 4 is 5.97 Å². The second-order valence-electron chi connectivity index (χ2n) is 4.80.